The number of benzene rings is 2. The molecule has 3 N–H and O–H groups in total. The number of nitrogens with zero attached hydrogens (tertiary/aromatic N) is 4. The molecule has 1 heterocycles. The van der Waals surface area contributed by atoms with Gasteiger partial charge in [-0.25, -0.2) is 4.79 Å². The topological polar surface area (TPSA) is 96.8 Å². The Kier molecular flexibility index (Phi) is 4.98. The van der Waals surface area contributed by atoms with Crippen LogP contribution < -0.4 is 16.0 Å². The molecule has 0 saturated heterocycles. The van der Waals surface area contributed by atoms with E-state index >= 15 is 0 Å². The molecule has 0 fully saturated rings. The predicted molar refractivity (Wildman–Crippen MR) is 91.1 cm³/mol. The van der Waals surface area contributed by atoms with Crippen molar-refractivity contribution in [3.63, 3.8) is 0 Å². The number of tetrazole rings is 1. The van der Waals surface area contributed by atoms with Gasteiger partial charge in [0.2, 0.25) is 5.95 Å². The van der Waals surface area contributed by atoms with E-state index in [0.29, 0.717) is 19.0 Å². The maximum absolute atomic E-state index is 11.8. The Bertz CT molecular complexity index is 773. The Labute approximate surface area is 138 Å². The van der Waals surface area contributed by atoms with Crippen molar-refractivity contribution >= 4 is 17.7 Å². The van der Waals surface area contributed by atoms with Crippen LogP contribution in [0.2, 0.25) is 0 Å². The van der Waals surface area contributed by atoms with Crippen molar-refractivity contribution in [1.82, 2.24) is 25.5 Å². The Morgan fingerprint density at radius 3 is 2.42 bits per heavy atom. The smallest absolute Gasteiger partial charge is 0.319 e. The summed E-state index contributed by atoms with van der Waals surface area (Å²) in [6.45, 7) is 0.926. The molecule has 122 valence electrons. The third-order valence-electron chi connectivity index (χ3n) is 3.20. The van der Waals surface area contributed by atoms with Gasteiger partial charge in [-0.15, -0.1) is 0 Å². The van der Waals surface area contributed by atoms with Crippen LogP contribution in [0, 0.1) is 0 Å². The van der Waals surface area contributed by atoms with E-state index in [1.165, 1.54) is 0 Å². The van der Waals surface area contributed by atoms with Crippen molar-refractivity contribution in [2.75, 3.05) is 23.7 Å². The van der Waals surface area contributed by atoms with Crippen LogP contribution in [0.1, 0.15) is 0 Å². The monoisotopic (exact) mass is 323 g/mol. The molecule has 0 spiro atoms. The number of hydrogen-bond donors (Lipinski definition) is 3. The summed E-state index contributed by atoms with van der Waals surface area (Å²) in [6.07, 6.45) is 0. The zero-order valence-corrected chi connectivity index (χ0v) is 12.9. The van der Waals surface area contributed by atoms with E-state index in [9.17, 15) is 4.79 Å². The summed E-state index contributed by atoms with van der Waals surface area (Å²) in [6, 6.07) is 18.6. The summed E-state index contributed by atoms with van der Waals surface area (Å²) < 4.78 is 1.60. The predicted octanol–water partition coefficient (Wildman–Crippen LogP) is 1.90. The van der Waals surface area contributed by atoms with Crippen molar-refractivity contribution in [2.24, 2.45) is 0 Å². The van der Waals surface area contributed by atoms with Crippen molar-refractivity contribution in [2.45, 2.75) is 0 Å². The minimum Gasteiger partial charge on any atom is -0.351 e. The molecule has 3 aromatic rings. The molecule has 24 heavy (non-hydrogen) atoms. The molecule has 8 heteroatoms. The number of hydrogen-bond acceptors (Lipinski definition) is 5. The summed E-state index contributed by atoms with van der Waals surface area (Å²) in [4.78, 5) is 11.8. The minimum absolute atomic E-state index is 0.259. The van der Waals surface area contributed by atoms with E-state index in [2.05, 4.69) is 31.5 Å². The third kappa shape index (κ3) is 4.07. The molecule has 0 unspecified atom stereocenters. The first-order chi connectivity index (χ1) is 11.8. The summed E-state index contributed by atoms with van der Waals surface area (Å²) in [7, 11) is 0. The number of urea groups is 1. The first kappa shape index (κ1) is 15.5. The fourth-order valence-electron chi connectivity index (χ4n) is 2.09. The highest BCUT2D eigenvalue weighted by Gasteiger charge is 2.07. The van der Waals surface area contributed by atoms with Crippen LogP contribution in [-0.4, -0.2) is 39.3 Å². The molecule has 0 aliphatic carbocycles. The molecule has 2 amide bonds. The molecule has 2 aromatic carbocycles. The number of aromatic nitrogens is 4. The molecular weight excluding hydrogens is 306 g/mol. The summed E-state index contributed by atoms with van der Waals surface area (Å²) >= 11 is 0. The van der Waals surface area contributed by atoms with Gasteiger partial charge < -0.3 is 16.0 Å². The van der Waals surface area contributed by atoms with Gasteiger partial charge in [0.15, 0.2) is 0 Å². The van der Waals surface area contributed by atoms with Gasteiger partial charge in [0.1, 0.15) is 0 Å². The van der Waals surface area contributed by atoms with E-state index in [4.69, 9.17) is 0 Å². The number of carbonyl (C=O) groups excluding carboxylic acids is 1. The second-order valence-corrected chi connectivity index (χ2v) is 4.92. The SMILES string of the molecule is O=C(NCCNc1nnnn1-c1ccccc1)Nc1ccccc1. The lowest BCUT2D eigenvalue weighted by atomic mass is 10.3. The van der Waals surface area contributed by atoms with Gasteiger partial charge in [-0.1, -0.05) is 41.5 Å². The van der Waals surface area contributed by atoms with Crippen molar-refractivity contribution < 1.29 is 4.79 Å². The highest BCUT2D eigenvalue weighted by Crippen LogP contribution is 2.09. The number of anilines is 2. The lowest BCUT2D eigenvalue weighted by Gasteiger charge is -2.09. The molecule has 0 radical (unpaired) electrons. The largest absolute Gasteiger partial charge is 0.351 e. The summed E-state index contributed by atoms with van der Waals surface area (Å²) in [5.74, 6) is 0.520. The molecule has 0 aliphatic rings. The van der Waals surface area contributed by atoms with E-state index in [-0.39, 0.29) is 6.03 Å². The van der Waals surface area contributed by atoms with Crippen LogP contribution in [0.15, 0.2) is 60.7 Å². The van der Waals surface area contributed by atoms with Gasteiger partial charge in [0.25, 0.3) is 0 Å². The molecular formula is C16H17N7O. The van der Waals surface area contributed by atoms with Crippen LogP contribution in [0.5, 0.6) is 0 Å². The van der Waals surface area contributed by atoms with E-state index in [0.717, 1.165) is 11.4 Å². The minimum atomic E-state index is -0.259. The zero-order valence-electron chi connectivity index (χ0n) is 12.9. The Hall–Kier alpha value is -3.42. The third-order valence-corrected chi connectivity index (χ3v) is 3.20. The molecule has 0 atom stereocenters. The highest BCUT2D eigenvalue weighted by molar-refractivity contribution is 5.89. The van der Waals surface area contributed by atoms with E-state index in [1.54, 1.807) is 4.68 Å². The standard InChI is InChI=1S/C16H17N7O/c24-16(19-13-7-3-1-4-8-13)18-12-11-17-15-20-21-22-23(15)14-9-5-2-6-10-14/h1-10H,11-12H2,(H,17,20,22)(H2,18,19,24). The van der Waals surface area contributed by atoms with E-state index < -0.39 is 0 Å². The van der Waals surface area contributed by atoms with Crippen LogP contribution in [0.3, 0.4) is 0 Å². The second-order valence-electron chi connectivity index (χ2n) is 4.92. The first-order valence-corrected chi connectivity index (χ1v) is 7.50. The molecule has 0 saturated carbocycles. The number of amides is 2. The van der Waals surface area contributed by atoms with Gasteiger partial charge >= 0.3 is 6.03 Å². The average Bonchev–Trinajstić information content (AvgIpc) is 3.09. The Morgan fingerprint density at radius 2 is 1.67 bits per heavy atom. The fraction of sp³-hybridized carbons (Fsp3) is 0.125. The highest BCUT2D eigenvalue weighted by atomic mass is 16.2. The second kappa shape index (κ2) is 7.73. The number of rotatable bonds is 6. The van der Waals surface area contributed by atoms with Crippen LogP contribution in [0.4, 0.5) is 16.4 Å². The van der Waals surface area contributed by atoms with Crippen LogP contribution in [-0.2, 0) is 0 Å². The van der Waals surface area contributed by atoms with E-state index in [1.807, 2.05) is 60.7 Å². The van der Waals surface area contributed by atoms with Gasteiger partial charge in [-0.05, 0) is 34.7 Å². The molecule has 3 rings (SSSR count). The molecule has 1 aromatic heterocycles. The number of nitrogens with one attached hydrogen (secondary N) is 3. The van der Waals surface area contributed by atoms with Gasteiger partial charge in [0.05, 0.1) is 5.69 Å². The zero-order chi connectivity index (χ0) is 16.6. The Morgan fingerprint density at radius 1 is 0.958 bits per heavy atom. The fourth-order valence-corrected chi connectivity index (χ4v) is 2.09. The number of para-hydroxylation sites is 2. The lowest BCUT2D eigenvalue weighted by molar-refractivity contribution is 0.252. The normalized spacial score (nSPS) is 10.2. The summed E-state index contributed by atoms with van der Waals surface area (Å²) in [5, 5.41) is 20.2. The maximum atomic E-state index is 11.8. The van der Waals surface area contributed by atoms with Crippen LogP contribution in [0.25, 0.3) is 5.69 Å². The quantitative estimate of drug-likeness (QED) is 0.602. The Balaban J connectivity index is 1.46. The first-order valence-electron chi connectivity index (χ1n) is 7.50. The molecule has 0 bridgehead atoms. The van der Waals surface area contributed by atoms with Crippen LogP contribution >= 0.6 is 0 Å². The van der Waals surface area contributed by atoms with Gasteiger partial charge in [0, 0.05) is 18.8 Å². The molecule has 8 nitrogen and oxygen atoms in total. The number of carbonyl (C=O) groups is 1. The molecule has 0 aliphatic heterocycles. The van der Waals surface area contributed by atoms with Gasteiger partial charge in [-0.3, -0.25) is 0 Å². The van der Waals surface area contributed by atoms with Crippen molar-refractivity contribution in [3.05, 3.63) is 60.7 Å². The maximum Gasteiger partial charge on any atom is 0.319 e. The summed E-state index contributed by atoms with van der Waals surface area (Å²) in [5.41, 5.74) is 1.61. The van der Waals surface area contributed by atoms with Crippen molar-refractivity contribution in [1.29, 1.82) is 0 Å². The lowest BCUT2D eigenvalue weighted by Crippen LogP contribution is -2.32. The average molecular weight is 323 g/mol. The van der Waals surface area contributed by atoms with Crippen molar-refractivity contribution in [3.8, 4) is 5.69 Å². The van der Waals surface area contributed by atoms with Gasteiger partial charge in [-0.2, -0.15) is 4.68 Å².